The number of benzene rings is 1. The first-order valence-electron chi connectivity index (χ1n) is 6.26. The van der Waals surface area contributed by atoms with Gasteiger partial charge in [0.15, 0.2) is 0 Å². The number of nitrogen functional groups attached to an aromatic ring is 1. The van der Waals surface area contributed by atoms with E-state index in [2.05, 4.69) is 13.8 Å². The van der Waals surface area contributed by atoms with E-state index in [9.17, 15) is 4.79 Å². The Balaban J connectivity index is 2.96. The second-order valence-electron chi connectivity index (χ2n) is 4.31. The third kappa shape index (κ3) is 3.22. The molecule has 0 bridgehead atoms. The summed E-state index contributed by atoms with van der Waals surface area (Å²) >= 11 is 0. The molecule has 0 aliphatic heterocycles. The molecule has 1 rings (SSSR count). The van der Waals surface area contributed by atoms with E-state index in [1.165, 1.54) is 0 Å². The zero-order valence-electron chi connectivity index (χ0n) is 11.0. The van der Waals surface area contributed by atoms with Gasteiger partial charge in [0.2, 0.25) is 0 Å². The first-order valence-corrected chi connectivity index (χ1v) is 6.26. The first kappa shape index (κ1) is 13.6. The van der Waals surface area contributed by atoms with Crippen LogP contribution in [0.3, 0.4) is 0 Å². The fourth-order valence-corrected chi connectivity index (χ4v) is 1.91. The Kier molecular flexibility index (Phi) is 5.01. The monoisotopic (exact) mass is 234 g/mol. The summed E-state index contributed by atoms with van der Waals surface area (Å²) in [5.41, 5.74) is 8.13. The van der Waals surface area contributed by atoms with Crippen LogP contribution in [0.1, 0.15) is 42.6 Å². The molecule has 3 heteroatoms. The lowest BCUT2D eigenvalue weighted by Crippen LogP contribution is -2.33. The Morgan fingerprint density at radius 1 is 1.24 bits per heavy atom. The maximum absolute atomic E-state index is 12.4. The summed E-state index contributed by atoms with van der Waals surface area (Å²) < 4.78 is 0. The second-order valence-corrected chi connectivity index (χ2v) is 4.31. The Labute approximate surface area is 104 Å². The number of nitrogens with zero attached hydrogens (tertiary/aromatic N) is 1. The standard InChI is InChI=1S/C14H22N2O/c1-4-9-16(10-5-2)14(17)12-7-6-8-13(15)11(12)3/h6-8H,4-5,9-10,15H2,1-3H3. The van der Waals surface area contributed by atoms with E-state index in [-0.39, 0.29) is 5.91 Å². The van der Waals surface area contributed by atoms with E-state index < -0.39 is 0 Å². The van der Waals surface area contributed by atoms with Crippen LogP contribution in [0.15, 0.2) is 18.2 Å². The van der Waals surface area contributed by atoms with Gasteiger partial charge in [-0.1, -0.05) is 19.9 Å². The highest BCUT2D eigenvalue weighted by Crippen LogP contribution is 2.17. The molecule has 0 fully saturated rings. The highest BCUT2D eigenvalue weighted by Gasteiger charge is 2.16. The topological polar surface area (TPSA) is 46.3 Å². The normalized spacial score (nSPS) is 10.3. The molecule has 0 saturated heterocycles. The van der Waals surface area contributed by atoms with E-state index >= 15 is 0 Å². The molecule has 17 heavy (non-hydrogen) atoms. The van der Waals surface area contributed by atoms with Crippen LogP contribution in [0, 0.1) is 6.92 Å². The van der Waals surface area contributed by atoms with Crippen molar-refractivity contribution >= 4 is 11.6 Å². The van der Waals surface area contributed by atoms with Crippen molar-refractivity contribution in [1.82, 2.24) is 4.90 Å². The fraction of sp³-hybridized carbons (Fsp3) is 0.500. The molecular formula is C14H22N2O. The van der Waals surface area contributed by atoms with Crippen LogP contribution in [0.25, 0.3) is 0 Å². The molecule has 0 unspecified atom stereocenters. The van der Waals surface area contributed by atoms with Gasteiger partial charge in [0.05, 0.1) is 0 Å². The van der Waals surface area contributed by atoms with Crippen molar-refractivity contribution in [1.29, 1.82) is 0 Å². The molecule has 3 nitrogen and oxygen atoms in total. The number of anilines is 1. The lowest BCUT2D eigenvalue weighted by molar-refractivity contribution is 0.0755. The number of nitrogens with two attached hydrogens (primary N) is 1. The van der Waals surface area contributed by atoms with Gasteiger partial charge in [0.1, 0.15) is 0 Å². The van der Waals surface area contributed by atoms with Crippen molar-refractivity contribution in [2.45, 2.75) is 33.6 Å². The van der Waals surface area contributed by atoms with Crippen molar-refractivity contribution in [3.8, 4) is 0 Å². The Bertz CT molecular complexity index is 382. The second kappa shape index (κ2) is 6.28. The van der Waals surface area contributed by atoms with Crippen molar-refractivity contribution in [2.75, 3.05) is 18.8 Å². The predicted molar refractivity (Wildman–Crippen MR) is 72.1 cm³/mol. The average molecular weight is 234 g/mol. The summed E-state index contributed by atoms with van der Waals surface area (Å²) in [5.74, 6) is 0.0958. The van der Waals surface area contributed by atoms with Gasteiger partial charge >= 0.3 is 0 Å². The fourth-order valence-electron chi connectivity index (χ4n) is 1.91. The smallest absolute Gasteiger partial charge is 0.254 e. The third-order valence-electron chi connectivity index (χ3n) is 2.88. The molecule has 0 heterocycles. The van der Waals surface area contributed by atoms with Crippen LogP contribution < -0.4 is 5.73 Å². The Hall–Kier alpha value is -1.51. The maximum Gasteiger partial charge on any atom is 0.254 e. The SMILES string of the molecule is CCCN(CCC)C(=O)c1cccc(N)c1C. The van der Waals surface area contributed by atoms with E-state index in [0.29, 0.717) is 5.69 Å². The van der Waals surface area contributed by atoms with E-state index in [4.69, 9.17) is 5.73 Å². The van der Waals surface area contributed by atoms with Crippen LogP contribution in [0.2, 0.25) is 0 Å². The van der Waals surface area contributed by atoms with Crippen LogP contribution in [0.4, 0.5) is 5.69 Å². The summed E-state index contributed by atoms with van der Waals surface area (Å²) in [4.78, 5) is 14.3. The zero-order chi connectivity index (χ0) is 12.8. The Morgan fingerprint density at radius 3 is 2.35 bits per heavy atom. The van der Waals surface area contributed by atoms with Gasteiger partial charge in [0.25, 0.3) is 5.91 Å². The minimum atomic E-state index is 0.0958. The van der Waals surface area contributed by atoms with Gasteiger partial charge in [-0.3, -0.25) is 4.79 Å². The molecule has 0 aliphatic rings. The number of rotatable bonds is 5. The first-order chi connectivity index (χ1) is 8.11. The highest BCUT2D eigenvalue weighted by molar-refractivity contribution is 5.96. The van der Waals surface area contributed by atoms with Crippen LogP contribution in [-0.4, -0.2) is 23.9 Å². The maximum atomic E-state index is 12.4. The Morgan fingerprint density at radius 2 is 1.82 bits per heavy atom. The number of hydrogen-bond acceptors (Lipinski definition) is 2. The number of amides is 1. The third-order valence-corrected chi connectivity index (χ3v) is 2.88. The molecule has 94 valence electrons. The molecule has 1 amide bonds. The zero-order valence-corrected chi connectivity index (χ0v) is 11.0. The lowest BCUT2D eigenvalue weighted by Gasteiger charge is -2.22. The van der Waals surface area contributed by atoms with Crippen molar-refractivity contribution < 1.29 is 4.79 Å². The predicted octanol–water partition coefficient (Wildman–Crippen LogP) is 2.84. The molecule has 0 aromatic heterocycles. The molecule has 0 atom stereocenters. The van der Waals surface area contributed by atoms with E-state index in [0.717, 1.165) is 37.1 Å². The summed E-state index contributed by atoms with van der Waals surface area (Å²) in [7, 11) is 0. The number of carbonyl (C=O) groups is 1. The molecule has 1 aromatic rings. The minimum absolute atomic E-state index is 0.0958. The minimum Gasteiger partial charge on any atom is -0.398 e. The molecule has 1 aromatic carbocycles. The molecule has 0 aliphatic carbocycles. The van der Waals surface area contributed by atoms with Gasteiger partial charge in [0, 0.05) is 24.3 Å². The van der Waals surface area contributed by atoms with Gasteiger partial charge in [-0.05, 0) is 37.5 Å². The molecular weight excluding hydrogens is 212 g/mol. The number of hydrogen-bond donors (Lipinski definition) is 1. The van der Waals surface area contributed by atoms with Crippen LogP contribution >= 0.6 is 0 Å². The number of carbonyl (C=O) groups excluding carboxylic acids is 1. The van der Waals surface area contributed by atoms with E-state index in [1.807, 2.05) is 30.0 Å². The van der Waals surface area contributed by atoms with Crippen LogP contribution in [0.5, 0.6) is 0 Å². The molecule has 0 saturated carbocycles. The van der Waals surface area contributed by atoms with Gasteiger partial charge in [-0.25, -0.2) is 0 Å². The van der Waals surface area contributed by atoms with E-state index in [1.54, 1.807) is 0 Å². The van der Waals surface area contributed by atoms with Crippen LogP contribution in [-0.2, 0) is 0 Å². The summed E-state index contributed by atoms with van der Waals surface area (Å²) in [6.45, 7) is 7.69. The largest absolute Gasteiger partial charge is 0.398 e. The van der Waals surface area contributed by atoms with Crippen molar-refractivity contribution in [3.05, 3.63) is 29.3 Å². The average Bonchev–Trinajstić information content (AvgIpc) is 2.31. The van der Waals surface area contributed by atoms with Crippen molar-refractivity contribution in [2.24, 2.45) is 0 Å². The van der Waals surface area contributed by atoms with Gasteiger partial charge < -0.3 is 10.6 Å². The summed E-state index contributed by atoms with van der Waals surface area (Å²) in [5, 5.41) is 0. The molecule has 0 radical (unpaired) electrons. The van der Waals surface area contributed by atoms with Gasteiger partial charge in [-0.2, -0.15) is 0 Å². The van der Waals surface area contributed by atoms with Gasteiger partial charge in [-0.15, -0.1) is 0 Å². The van der Waals surface area contributed by atoms with Crippen molar-refractivity contribution in [3.63, 3.8) is 0 Å². The highest BCUT2D eigenvalue weighted by atomic mass is 16.2. The summed E-state index contributed by atoms with van der Waals surface area (Å²) in [6.07, 6.45) is 1.96. The quantitative estimate of drug-likeness (QED) is 0.796. The molecule has 2 N–H and O–H groups in total. The lowest BCUT2D eigenvalue weighted by atomic mass is 10.1. The summed E-state index contributed by atoms with van der Waals surface area (Å²) in [6, 6.07) is 5.52. The molecule has 0 spiro atoms.